The van der Waals surface area contributed by atoms with Crippen LogP contribution in [-0.4, -0.2) is 25.2 Å². The number of allylic oxidation sites excluding steroid dienone is 2. The first-order chi connectivity index (χ1) is 14.1. The van der Waals surface area contributed by atoms with E-state index in [1.54, 1.807) is 0 Å². The molecule has 0 N–H and O–H groups in total. The molecule has 0 aliphatic heterocycles. The number of hydrogen-bond donors (Lipinski definition) is 0. The lowest BCUT2D eigenvalue weighted by Gasteiger charge is -2.69. The summed E-state index contributed by atoms with van der Waals surface area (Å²) in [5.74, 6) is 0.883. The Kier molecular flexibility index (Phi) is 5.22. The van der Waals surface area contributed by atoms with Crippen molar-refractivity contribution in [3.05, 3.63) is 23.8 Å². The van der Waals surface area contributed by atoms with Crippen molar-refractivity contribution in [1.82, 2.24) is 0 Å². The molecule has 0 unspecified atom stereocenters. The van der Waals surface area contributed by atoms with Crippen LogP contribution < -0.4 is 0 Å². The van der Waals surface area contributed by atoms with Gasteiger partial charge in [-0.15, -0.1) is 0 Å². The molecule has 30 heavy (non-hydrogen) atoms. The fraction of sp³-hybridized carbons (Fsp3) is 0.769. The molecule has 2 bridgehead atoms. The summed E-state index contributed by atoms with van der Waals surface area (Å²) in [5, 5.41) is 0. The zero-order valence-electron chi connectivity index (χ0n) is 19.4. The van der Waals surface area contributed by atoms with Crippen molar-refractivity contribution in [2.45, 2.75) is 85.2 Å². The number of hydrogen-bond acceptors (Lipinski definition) is 4. The topological polar surface area (TPSA) is 52.6 Å². The highest BCUT2D eigenvalue weighted by atomic mass is 16.5. The van der Waals surface area contributed by atoms with Gasteiger partial charge in [0.25, 0.3) is 0 Å². The Balaban J connectivity index is 1.79. The third-order valence-corrected chi connectivity index (χ3v) is 9.83. The summed E-state index contributed by atoms with van der Waals surface area (Å²) in [6, 6.07) is 0. The van der Waals surface area contributed by atoms with Gasteiger partial charge in [-0.25, -0.2) is 4.79 Å². The molecule has 5 fully saturated rings. The van der Waals surface area contributed by atoms with Gasteiger partial charge >= 0.3 is 11.9 Å². The highest BCUT2D eigenvalue weighted by Crippen LogP contribution is 2.72. The third kappa shape index (κ3) is 2.85. The normalized spacial score (nSPS) is 45.4. The van der Waals surface area contributed by atoms with Crippen LogP contribution >= 0.6 is 0 Å². The van der Waals surface area contributed by atoms with E-state index in [2.05, 4.69) is 20.4 Å². The Morgan fingerprint density at radius 2 is 1.87 bits per heavy atom. The first-order valence-corrected chi connectivity index (χ1v) is 11.7. The molecule has 0 aromatic carbocycles. The van der Waals surface area contributed by atoms with Gasteiger partial charge in [0.15, 0.2) is 0 Å². The molecule has 4 nitrogen and oxygen atoms in total. The molecule has 166 valence electrons. The zero-order valence-corrected chi connectivity index (χ0v) is 19.4. The maximum absolute atomic E-state index is 13.0. The van der Waals surface area contributed by atoms with Crippen LogP contribution in [-0.2, 0) is 19.1 Å². The molecule has 0 radical (unpaired) electrons. The van der Waals surface area contributed by atoms with Crippen molar-refractivity contribution in [1.29, 1.82) is 0 Å². The number of carbonyl (C=O) groups is 2. The number of carbonyl (C=O) groups excluding carboxylic acids is 2. The van der Waals surface area contributed by atoms with Crippen molar-refractivity contribution in [3.8, 4) is 0 Å². The van der Waals surface area contributed by atoms with Crippen LogP contribution in [0.5, 0.6) is 0 Å². The van der Waals surface area contributed by atoms with Crippen LogP contribution in [0.2, 0.25) is 0 Å². The smallest absolute Gasteiger partial charge is 0.333 e. The van der Waals surface area contributed by atoms with Crippen molar-refractivity contribution in [3.63, 3.8) is 0 Å². The van der Waals surface area contributed by atoms with E-state index in [0.717, 1.165) is 51.4 Å². The molecule has 5 rings (SSSR count). The van der Waals surface area contributed by atoms with E-state index >= 15 is 0 Å². The summed E-state index contributed by atoms with van der Waals surface area (Å²) in [7, 11) is 1.50. The predicted molar refractivity (Wildman–Crippen MR) is 117 cm³/mol. The molecule has 7 atom stereocenters. The highest BCUT2D eigenvalue weighted by molar-refractivity contribution is 5.87. The molecule has 0 amide bonds. The summed E-state index contributed by atoms with van der Waals surface area (Å²) in [4.78, 5) is 25.8. The summed E-state index contributed by atoms with van der Waals surface area (Å²) in [6.07, 6.45) is 9.80. The standard InChI is InChI=1S/C26H38O4/c1-7-16(2)22(27)30-21-14-19-24(4,10-8-11-25(19,5)23(28)29-6)20-13-18-9-12-26(20,21)15-17(18)3/h7,18-21H,3,8-15H2,1-2,4-6H3/b16-7-/t18-,19-,20-,21-,24+,25+,26+/m0/s1. The summed E-state index contributed by atoms with van der Waals surface area (Å²) >= 11 is 0. The maximum atomic E-state index is 13.0. The van der Waals surface area contributed by atoms with Crippen LogP contribution in [0.15, 0.2) is 23.8 Å². The SMILES string of the molecule is C=C1C[C@]23CC[C@H]1C[C@H]2[C@]1(C)CCC[C@@](C)(C(=O)OC)[C@H]1C[C@@H]3OC(=O)/C(C)=C\C. The Hall–Kier alpha value is -1.58. The summed E-state index contributed by atoms with van der Waals surface area (Å²) in [5.41, 5.74) is 1.51. The maximum Gasteiger partial charge on any atom is 0.333 e. The minimum atomic E-state index is -0.517. The number of fused-ring (bicyclic) bond motifs is 3. The largest absolute Gasteiger partial charge is 0.469 e. The molecule has 5 aliphatic rings. The van der Waals surface area contributed by atoms with E-state index < -0.39 is 5.41 Å². The van der Waals surface area contributed by atoms with Crippen molar-refractivity contribution < 1.29 is 19.1 Å². The van der Waals surface area contributed by atoms with Gasteiger partial charge in [0.05, 0.1) is 12.5 Å². The molecular weight excluding hydrogens is 376 g/mol. The molecular formula is C26H38O4. The minimum Gasteiger partial charge on any atom is -0.469 e. The quantitative estimate of drug-likeness (QED) is 0.342. The van der Waals surface area contributed by atoms with Gasteiger partial charge in [0.2, 0.25) is 0 Å². The Morgan fingerprint density at radius 3 is 2.50 bits per heavy atom. The lowest BCUT2D eigenvalue weighted by atomic mass is 9.36. The molecule has 4 heteroatoms. The van der Waals surface area contributed by atoms with Gasteiger partial charge in [-0.3, -0.25) is 4.79 Å². The molecule has 5 aliphatic carbocycles. The van der Waals surface area contributed by atoms with Gasteiger partial charge in [0.1, 0.15) is 6.10 Å². The molecule has 0 heterocycles. The predicted octanol–water partition coefficient (Wildman–Crippen LogP) is 5.62. The average Bonchev–Trinajstić information content (AvgIpc) is 2.73. The highest BCUT2D eigenvalue weighted by Gasteiger charge is 2.69. The lowest BCUT2D eigenvalue weighted by Crippen LogP contribution is -2.66. The van der Waals surface area contributed by atoms with Crippen molar-refractivity contribution in [2.24, 2.45) is 34.0 Å². The first kappa shape index (κ1) is 21.6. The Labute approximate surface area is 181 Å². The molecule has 0 aromatic rings. The van der Waals surface area contributed by atoms with Crippen LogP contribution in [0.1, 0.15) is 79.1 Å². The van der Waals surface area contributed by atoms with E-state index in [4.69, 9.17) is 9.47 Å². The molecule has 5 saturated carbocycles. The molecule has 1 spiro atoms. The summed E-state index contributed by atoms with van der Waals surface area (Å²) < 4.78 is 11.6. The van der Waals surface area contributed by atoms with Crippen molar-refractivity contribution >= 4 is 11.9 Å². The van der Waals surface area contributed by atoms with Crippen LogP contribution in [0.25, 0.3) is 0 Å². The van der Waals surface area contributed by atoms with Gasteiger partial charge in [-0.05, 0) is 88.9 Å². The second kappa shape index (κ2) is 7.24. The van der Waals surface area contributed by atoms with Crippen LogP contribution in [0.4, 0.5) is 0 Å². The van der Waals surface area contributed by atoms with Gasteiger partial charge in [0, 0.05) is 11.0 Å². The number of rotatable bonds is 3. The number of ether oxygens (including phenoxy) is 2. The van der Waals surface area contributed by atoms with Crippen LogP contribution in [0.3, 0.4) is 0 Å². The fourth-order valence-corrected chi connectivity index (χ4v) is 8.12. The van der Waals surface area contributed by atoms with E-state index in [1.165, 1.54) is 12.7 Å². The van der Waals surface area contributed by atoms with Gasteiger partial charge in [-0.2, -0.15) is 0 Å². The van der Waals surface area contributed by atoms with Crippen molar-refractivity contribution in [2.75, 3.05) is 7.11 Å². The monoisotopic (exact) mass is 414 g/mol. The minimum absolute atomic E-state index is 0.0326. The van der Waals surface area contributed by atoms with E-state index in [-0.39, 0.29) is 34.8 Å². The number of methoxy groups -OCH3 is 1. The first-order valence-electron chi connectivity index (χ1n) is 11.7. The second-order valence-electron chi connectivity index (χ2n) is 11.0. The third-order valence-electron chi connectivity index (χ3n) is 9.83. The van der Waals surface area contributed by atoms with E-state index in [0.29, 0.717) is 17.4 Å². The fourth-order valence-electron chi connectivity index (χ4n) is 8.12. The van der Waals surface area contributed by atoms with Gasteiger partial charge in [-0.1, -0.05) is 31.6 Å². The summed E-state index contributed by atoms with van der Waals surface area (Å²) in [6.45, 7) is 12.6. The van der Waals surface area contributed by atoms with E-state index in [9.17, 15) is 9.59 Å². The Morgan fingerprint density at radius 1 is 1.13 bits per heavy atom. The molecule has 0 aromatic heterocycles. The van der Waals surface area contributed by atoms with Crippen LogP contribution in [0, 0.1) is 34.0 Å². The zero-order chi connectivity index (χ0) is 21.9. The van der Waals surface area contributed by atoms with E-state index in [1.807, 2.05) is 19.9 Å². The van der Waals surface area contributed by atoms with Gasteiger partial charge < -0.3 is 9.47 Å². The number of esters is 2. The lowest BCUT2D eigenvalue weighted by molar-refractivity contribution is -0.232. The Bertz CT molecular complexity index is 797. The second-order valence-corrected chi connectivity index (χ2v) is 11.0. The average molecular weight is 415 g/mol. The molecule has 0 saturated heterocycles.